The van der Waals surface area contributed by atoms with Crippen LogP contribution in [-0.4, -0.2) is 12.6 Å². The van der Waals surface area contributed by atoms with E-state index in [2.05, 4.69) is 15.9 Å². The highest BCUT2D eigenvalue weighted by atomic mass is 79.9. The maximum Gasteiger partial charge on any atom is 0.330 e. The molecule has 2 nitrogen and oxygen atoms in total. The number of benzene rings is 1. The van der Waals surface area contributed by atoms with Crippen molar-refractivity contribution in [3.05, 3.63) is 41.5 Å². The summed E-state index contributed by atoms with van der Waals surface area (Å²) >= 11 is 3.38. The van der Waals surface area contributed by atoms with Gasteiger partial charge in [0.05, 0.1) is 6.61 Å². The number of esters is 1. The Morgan fingerprint density at radius 1 is 1.53 bits per heavy atom. The predicted molar refractivity (Wildman–Crippen MR) is 64.7 cm³/mol. The Morgan fingerprint density at radius 3 is 3.00 bits per heavy atom. The molecule has 0 N–H and O–H groups in total. The van der Waals surface area contributed by atoms with E-state index in [-0.39, 0.29) is 5.97 Å². The topological polar surface area (TPSA) is 26.3 Å². The molecule has 0 unspecified atom stereocenters. The van der Waals surface area contributed by atoms with Crippen molar-refractivity contribution >= 4 is 28.0 Å². The Hall–Kier alpha value is -1.09. The molecule has 0 saturated carbocycles. The van der Waals surface area contributed by atoms with E-state index >= 15 is 0 Å². The van der Waals surface area contributed by atoms with Crippen molar-refractivity contribution < 1.29 is 9.53 Å². The van der Waals surface area contributed by atoms with E-state index in [1.807, 2.05) is 24.3 Å². The minimum atomic E-state index is -0.304. The number of hydrogen-bond acceptors (Lipinski definition) is 2. The van der Waals surface area contributed by atoms with Crippen LogP contribution >= 0.6 is 15.9 Å². The quantitative estimate of drug-likeness (QED) is 0.477. The van der Waals surface area contributed by atoms with Gasteiger partial charge in [-0.25, -0.2) is 4.79 Å². The lowest BCUT2D eigenvalue weighted by Crippen LogP contribution is -1.98. The second-order valence-electron chi connectivity index (χ2n) is 2.96. The molecule has 0 radical (unpaired) electrons. The average molecular weight is 269 g/mol. The van der Waals surface area contributed by atoms with Crippen LogP contribution in [0.15, 0.2) is 30.3 Å². The monoisotopic (exact) mass is 268 g/mol. The lowest BCUT2D eigenvalue weighted by atomic mass is 10.1. The van der Waals surface area contributed by atoms with Gasteiger partial charge in [0, 0.05) is 11.4 Å². The molecule has 3 heteroatoms. The van der Waals surface area contributed by atoms with E-state index in [4.69, 9.17) is 4.74 Å². The predicted octanol–water partition coefficient (Wildman–Crippen LogP) is 3.16. The second-order valence-corrected chi connectivity index (χ2v) is 3.52. The molecule has 1 rings (SSSR count). The zero-order valence-corrected chi connectivity index (χ0v) is 10.2. The van der Waals surface area contributed by atoms with Gasteiger partial charge in [-0.1, -0.05) is 40.2 Å². The molecule has 0 fully saturated rings. The van der Waals surface area contributed by atoms with Crippen molar-refractivity contribution in [1.29, 1.82) is 0 Å². The fraction of sp³-hybridized carbons (Fsp3) is 0.250. The molecular weight excluding hydrogens is 256 g/mol. The summed E-state index contributed by atoms with van der Waals surface area (Å²) in [5.74, 6) is -0.304. The number of carbonyl (C=O) groups is 1. The Bertz CT molecular complexity index is 358. The minimum Gasteiger partial charge on any atom is -0.463 e. The molecule has 1 aromatic rings. The van der Waals surface area contributed by atoms with Crippen LogP contribution in [0.25, 0.3) is 6.08 Å². The molecule has 0 bridgehead atoms. The summed E-state index contributed by atoms with van der Waals surface area (Å²) in [6, 6.07) is 7.95. The third-order valence-electron chi connectivity index (χ3n) is 1.80. The van der Waals surface area contributed by atoms with E-state index in [1.165, 1.54) is 11.6 Å². The summed E-state index contributed by atoms with van der Waals surface area (Å²) in [6.45, 7) is 2.20. The van der Waals surface area contributed by atoms with Gasteiger partial charge in [-0.2, -0.15) is 0 Å². The van der Waals surface area contributed by atoms with E-state index < -0.39 is 0 Å². The largest absolute Gasteiger partial charge is 0.463 e. The molecule has 1 aromatic carbocycles. The van der Waals surface area contributed by atoms with Crippen LogP contribution in [0.5, 0.6) is 0 Å². The number of carbonyl (C=O) groups excluding carboxylic acids is 1. The van der Waals surface area contributed by atoms with Gasteiger partial charge in [-0.15, -0.1) is 0 Å². The summed E-state index contributed by atoms with van der Waals surface area (Å²) < 4.78 is 4.79. The van der Waals surface area contributed by atoms with Gasteiger partial charge < -0.3 is 4.74 Å². The SMILES string of the molecule is CCOC(=O)C=Cc1cccc(CBr)c1. The molecule has 0 heterocycles. The van der Waals surface area contributed by atoms with Crippen molar-refractivity contribution in [2.45, 2.75) is 12.3 Å². The molecule has 0 saturated heterocycles. The van der Waals surface area contributed by atoms with E-state index in [0.717, 1.165) is 10.9 Å². The highest BCUT2D eigenvalue weighted by Crippen LogP contribution is 2.10. The molecule has 15 heavy (non-hydrogen) atoms. The minimum absolute atomic E-state index is 0.304. The maximum absolute atomic E-state index is 11.1. The zero-order chi connectivity index (χ0) is 11.1. The Labute approximate surface area is 98.1 Å². The molecule has 0 aliphatic carbocycles. The van der Waals surface area contributed by atoms with Gasteiger partial charge in [0.15, 0.2) is 0 Å². The van der Waals surface area contributed by atoms with Gasteiger partial charge in [-0.3, -0.25) is 0 Å². The van der Waals surface area contributed by atoms with Crippen LogP contribution in [0.4, 0.5) is 0 Å². The van der Waals surface area contributed by atoms with Crippen LogP contribution in [0, 0.1) is 0 Å². The summed E-state index contributed by atoms with van der Waals surface area (Å²) in [5.41, 5.74) is 2.18. The summed E-state index contributed by atoms with van der Waals surface area (Å²) in [5, 5.41) is 0.814. The van der Waals surface area contributed by atoms with Crippen LogP contribution in [0.2, 0.25) is 0 Å². The van der Waals surface area contributed by atoms with Gasteiger partial charge >= 0.3 is 5.97 Å². The number of alkyl halides is 1. The Morgan fingerprint density at radius 2 is 2.33 bits per heavy atom. The van der Waals surface area contributed by atoms with Gasteiger partial charge in [-0.05, 0) is 24.1 Å². The third-order valence-corrected chi connectivity index (χ3v) is 2.45. The van der Waals surface area contributed by atoms with Crippen LogP contribution in [-0.2, 0) is 14.9 Å². The van der Waals surface area contributed by atoms with Gasteiger partial charge in [0.1, 0.15) is 0 Å². The molecule has 0 aliphatic rings. The lowest BCUT2D eigenvalue weighted by Gasteiger charge is -1.98. The molecule has 80 valence electrons. The van der Waals surface area contributed by atoms with Crippen LogP contribution in [0.1, 0.15) is 18.1 Å². The van der Waals surface area contributed by atoms with E-state index in [9.17, 15) is 4.79 Å². The van der Waals surface area contributed by atoms with E-state index in [0.29, 0.717) is 6.61 Å². The average Bonchev–Trinajstić information content (AvgIpc) is 2.27. The molecule has 0 aliphatic heterocycles. The normalized spacial score (nSPS) is 10.5. The maximum atomic E-state index is 11.1. The first-order valence-corrected chi connectivity index (χ1v) is 5.88. The fourth-order valence-electron chi connectivity index (χ4n) is 1.13. The molecular formula is C12H13BrO2. The third kappa shape index (κ3) is 4.30. The highest BCUT2D eigenvalue weighted by Gasteiger charge is 1.94. The van der Waals surface area contributed by atoms with Gasteiger partial charge in [0.2, 0.25) is 0 Å². The fourth-order valence-corrected chi connectivity index (χ4v) is 1.48. The number of hydrogen-bond donors (Lipinski definition) is 0. The summed E-state index contributed by atoms with van der Waals surface area (Å²) in [4.78, 5) is 11.1. The lowest BCUT2D eigenvalue weighted by molar-refractivity contribution is -0.137. The molecule has 0 amide bonds. The first kappa shape index (κ1) is 12.0. The Kier molecular flexibility index (Phi) is 5.12. The standard InChI is InChI=1S/C12H13BrO2/c1-2-15-12(14)7-6-10-4-3-5-11(8-10)9-13/h3-8H,2,9H2,1H3. The van der Waals surface area contributed by atoms with Crippen molar-refractivity contribution in [1.82, 2.24) is 0 Å². The smallest absolute Gasteiger partial charge is 0.330 e. The first-order valence-electron chi connectivity index (χ1n) is 4.76. The number of ether oxygens (including phenoxy) is 1. The van der Waals surface area contributed by atoms with Crippen LogP contribution < -0.4 is 0 Å². The summed E-state index contributed by atoms with van der Waals surface area (Å²) in [6.07, 6.45) is 3.20. The molecule has 0 atom stereocenters. The van der Waals surface area contributed by atoms with Crippen molar-refractivity contribution in [3.63, 3.8) is 0 Å². The number of halogens is 1. The zero-order valence-electron chi connectivity index (χ0n) is 8.57. The highest BCUT2D eigenvalue weighted by molar-refractivity contribution is 9.08. The van der Waals surface area contributed by atoms with Crippen molar-refractivity contribution in [3.8, 4) is 0 Å². The van der Waals surface area contributed by atoms with Gasteiger partial charge in [0.25, 0.3) is 0 Å². The summed E-state index contributed by atoms with van der Waals surface area (Å²) in [7, 11) is 0. The first-order chi connectivity index (χ1) is 7.26. The Balaban J connectivity index is 2.67. The van der Waals surface area contributed by atoms with Crippen molar-refractivity contribution in [2.75, 3.05) is 6.61 Å². The molecule has 0 aromatic heterocycles. The molecule has 0 spiro atoms. The second kappa shape index (κ2) is 6.40. The van der Waals surface area contributed by atoms with Crippen molar-refractivity contribution in [2.24, 2.45) is 0 Å². The van der Waals surface area contributed by atoms with Crippen LogP contribution in [0.3, 0.4) is 0 Å². The number of rotatable bonds is 4. The van der Waals surface area contributed by atoms with E-state index in [1.54, 1.807) is 13.0 Å².